The van der Waals surface area contributed by atoms with Gasteiger partial charge in [-0.05, 0) is 38.5 Å². The standard InChI is InChI=1S/C12H16ClNO3S/c1-8(2)14(4)12(15)11-7-10(18(13,16)17)6-5-9(11)3/h5-8H,1-4H3. The smallest absolute Gasteiger partial charge is 0.261 e. The molecule has 0 saturated heterocycles. The summed E-state index contributed by atoms with van der Waals surface area (Å²) < 4.78 is 22.5. The van der Waals surface area contributed by atoms with E-state index >= 15 is 0 Å². The Labute approximate surface area is 112 Å². The van der Waals surface area contributed by atoms with E-state index in [0.29, 0.717) is 5.56 Å². The van der Waals surface area contributed by atoms with Gasteiger partial charge in [-0.25, -0.2) is 8.42 Å². The molecule has 1 aromatic rings. The van der Waals surface area contributed by atoms with E-state index < -0.39 is 9.05 Å². The number of nitrogens with zero attached hydrogens (tertiary/aromatic N) is 1. The molecule has 0 unspecified atom stereocenters. The topological polar surface area (TPSA) is 54.5 Å². The van der Waals surface area contributed by atoms with Gasteiger partial charge in [0, 0.05) is 29.3 Å². The van der Waals surface area contributed by atoms with Crippen LogP contribution in [-0.2, 0) is 9.05 Å². The lowest BCUT2D eigenvalue weighted by molar-refractivity contribution is 0.0754. The zero-order valence-electron chi connectivity index (χ0n) is 10.8. The van der Waals surface area contributed by atoms with Gasteiger partial charge >= 0.3 is 0 Å². The van der Waals surface area contributed by atoms with Crippen molar-refractivity contribution in [2.75, 3.05) is 7.05 Å². The van der Waals surface area contributed by atoms with Crippen LogP contribution in [0.5, 0.6) is 0 Å². The molecule has 0 aromatic heterocycles. The first kappa shape index (κ1) is 15.0. The number of halogens is 1. The van der Waals surface area contributed by atoms with Gasteiger partial charge in [-0.3, -0.25) is 4.79 Å². The molecule has 0 N–H and O–H groups in total. The van der Waals surface area contributed by atoms with E-state index in [1.807, 2.05) is 13.8 Å². The minimum Gasteiger partial charge on any atom is -0.339 e. The summed E-state index contributed by atoms with van der Waals surface area (Å²) in [6, 6.07) is 4.33. The summed E-state index contributed by atoms with van der Waals surface area (Å²) in [4.78, 5) is 13.7. The van der Waals surface area contributed by atoms with Crippen molar-refractivity contribution in [3.8, 4) is 0 Å². The third kappa shape index (κ3) is 3.23. The van der Waals surface area contributed by atoms with Gasteiger partial charge in [0.2, 0.25) is 0 Å². The molecular weight excluding hydrogens is 274 g/mol. The molecule has 0 aliphatic rings. The molecule has 0 fully saturated rings. The van der Waals surface area contributed by atoms with Crippen molar-refractivity contribution in [2.24, 2.45) is 0 Å². The Morgan fingerprint density at radius 3 is 2.33 bits per heavy atom. The molecule has 0 heterocycles. The Morgan fingerprint density at radius 1 is 1.33 bits per heavy atom. The number of hydrogen-bond donors (Lipinski definition) is 0. The predicted octanol–water partition coefficient (Wildman–Crippen LogP) is 2.40. The Kier molecular flexibility index (Phi) is 4.40. The average molecular weight is 290 g/mol. The summed E-state index contributed by atoms with van der Waals surface area (Å²) in [5, 5.41) is 0. The van der Waals surface area contributed by atoms with E-state index in [1.54, 1.807) is 24.9 Å². The lowest BCUT2D eigenvalue weighted by atomic mass is 10.1. The molecular formula is C12H16ClNO3S. The maximum absolute atomic E-state index is 12.2. The highest BCUT2D eigenvalue weighted by molar-refractivity contribution is 8.13. The van der Waals surface area contributed by atoms with E-state index in [2.05, 4.69) is 0 Å². The van der Waals surface area contributed by atoms with Crippen molar-refractivity contribution in [3.63, 3.8) is 0 Å². The first-order valence-corrected chi connectivity index (χ1v) is 7.78. The second-order valence-corrected chi connectivity index (χ2v) is 6.99. The highest BCUT2D eigenvalue weighted by Gasteiger charge is 2.19. The van der Waals surface area contributed by atoms with Crippen LogP contribution in [-0.4, -0.2) is 32.3 Å². The van der Waals surface area contributed by atoms with Crippen LogP contribution in [0.25, 0.3) is 0 Å². The SMILES string of the molecule is Cc1ccc(S(=O)(=O)Cl)cc1C(=O)N(C)C(C)C. The third-order valence-corrected chi connectivity index (χ3v) is 4.17. The number of amides is 1. The van der Waals surface area contributed by atoms with Crippen molar-refractivity contribution >= 4 is 25.6 Å². The maximum atomic E-state index is 12.2. The Bertz CT molecular complexity index is 567. The number of aryl methyl sites for hydroxylation is 1. The molecule has 1 aromatic carbocycles. The van der Waals surface area contributed by atoms with Crippen molar-refractivity contribution in [3.05, 3.63) is 29.3 Å². The average Bonchev–Trinajstić information content (AvgIpc) is 2.26. The van der Waals surface area contributed by atoms with Gasteiger partial charge in [0.25, 0.3) is 15.0 Å². The van der Waals surface area contributed by atoms with E-state index in [4.69, 9.17) is 10.7 Å². The fraction of sp³-hybridized carbons (Fsp3) is 0.417. The Balaban J connectivity index is 3.29. The van der Waals surface area contributed by atoms with E-state index in [9.17, 15) is 13.2 Å². The molecule has 0 spiro atoms. The van der Waals surface area contributed by atoms with Crippen LogP contribution in [0.4, 0.5) is 0 Å². The lowest BCUT2D eigenvalue weighted by Gasteiger charge is -2.22. The number of carbonyl (C=O) groups is 1. The van der Waals surface area contributed by atoms with Crippen LogP contribution in [0, 0.1) is 6.92 Å². The number of benzene rings is 1. The Morgan fingerprint density at radius 2 is 1.89 bits per heavy atom. The Hall–Kier alpha value is -1.07. The van der Waals surface area contributed by atoms with Crippen LogP contribution in [0.2, 0.25) is 0 Å². The second-order valence-electron chi connectivity index (χ2n) is 4.42. The molecule has 100 valence electrons. The first-order chi connectivity index (χ1) is 8.14. The minimum atomic E-state index is -3.82. The third-order valence-electron chi connectivity index (χ3n) is 2.82. The number of hydrogen-bond acceptors (Lipinski definition) is 3. The number of rotatable bonds is 3. The fourth-order valence-corrected chi connectivity index (χ4v) is 2.18. The van der Waals surface area contributed by atoms with Crippen LogP contribution in [0.15, 0.2) is 23.1 Å². The van der Waals surface area contributed by atoms with Gasteiger partial charge in [-0.15, -0.1) is 0 Å². The highest BCUT2D eigenvalue weighted by atomic mass is 35.7. The van der Waals surface area contributed by atoms with E-state index in [1.165, 1.54) is 12.1 Å². The monoisotopic (exact) mass is 289 g/mol. The second kappa shape index (κ2) is 5.28. The first-order valence-electron chi connectivity index (χ1n) is 5.47. The van der Waals surface area contributed by atoms with Crippen LogP contribution >= 0.6 is 10.7 Å². The van der Waals surface area contributed by atoms with Gasteiger partial charge in [0.15, 0.2) is 0 Å². The fourth-order valence-electron chi connectivity index (χ4n) is 1.41. The molecule has 0 saturated carbocycles. The molecule has 0 radical (unpaired) electrons. The van der Waals surface area contributed by atoms with Crippen LogP contribution < -0.4 is 0 Å². The quantitative estimate of drug-likeness (QED) is 0.803. The summed E-state index contributed by atoms with van der Waals surface area (Å²) in [5.74, 6) is -0.218. The summed E-state index contributed by atoms with van der Waals surface area (Å²) in [5.41, 5.74) is 1.07. The molecule has 1 rings (SSSR count). The van der Waals surface area contributed by atoms with E-state index in [0.717, 1.165) is 5.56 Å². The normalized spacial score (nSPS) is 11.7. The predicted molar refractivity (Wildman–Crippen MR) is 71.4 cm³/mol. The summed E-state index contributed by atoms with van der Waals surface area (Å²) in [7, 11) is 3.13. The van der Waals surface area contributed by atoms with Crippen LogP contribution in [0.1, 0.15) is 29.8 Å². The summed E-state index contributed by atoms with van der Waals surface area (Å²) in [6.45, 7) is 5.52. The van der Waals surface area contributed by atoms with E-state index in [-0.39, 0.29) is 16.8 Å². The van der Waals surface area contributed by atoms with Crippen molar-refractivity contribution in [1.82, 2.24) is 4.90 Å². The zero-order valence-corrected chi connectivity index (χ0v) is 12.3. The van der Waals surface area contributed by atoms with Crippen molar-refractivity contribution < 1.29 is 13.2 Å². The van der Waals surface area contributed by atoms with Crippen molar-refractivity contribution in [1.29, 1.82) is 0 Å². The number of carbonyl (C=O) groups excluding carboxylic acids is 1. The van der Waals surface area contributed by atoms with Gasteiger partial charge in [-0.2, -0.15) is 0 Å². The van der Waals surface area contributed by atoms with Gasteiger partial charge in [-0.1, -0.05) is 6.07 Å². The molecule has 0 aliphatic carbocycles. The molecule has 0 bridgehead atoms. The summed E-state index contributed by atoms with van der Waals surface area (Å²) >= 11 is 0. The van der Waals surface area contributed by atoms with Gasteiger partial charge in [0.1, 0.15) is 0 Å². The zero-order chi connectivity index (χ0) is 14.1. The van der Waals surface area contributed by atoms with Gasteiger partial charge < -0.3 is 4.90 Å². The summed E-state index contributed by atoms with van der Waals surface area (Å²) in [6.07, 6.45) is 0. The lowest BCUT2D eigenvalue weighted by Crippen LogP contribution is -2.33. The van der Waals surface area contributed by atoms with Crippen molar-refractivity contribution in [2.45, 2.75) is 31.7 Å². The van der Waals surface area contributed by atoms with Crippen LogP contribution in [0.3, 0.4) is 0 Å². The van der Waals surface area contributed by atoms with Gasteiger partial charge in [0.05, 0.1) is 4.90 Å². The molecule has 18 heavy (non-hydrogen) atoms. The molecule has 4 nitrogen and oxygen atoms in total. The molecule has 0 atom stereocenters. The molecule has 1 amide bonds. The minimum absolute atomic E-state index is 0.0353. The largest absolute Gasteiger partial charge is 0.339 e. The highest BCUT2D eigenvalue weighted by Crippen LogP contribution is 2.20. The maximum Gasteiger partial charge on any atom is 0.261 e. The molecule has 6 heteroatoms. The molecule has 0 aliphatic heterocycles.